The van der Waals surface area contributed by atoms with Gasteiger partial charge in [-0.05, 0) is 66.0 Å². The fourth-order valence-corrected chi connectivity index (χ4v) is 4.76. The van der Waals surface area contributed by atoms with Gasteiger partial charge in [0.1, 0.15) is 5.75 Å². The number of hydrogen-bond acceptors (Lipinski definition) is 5. The lowest BCUT2D eigenvalue weighted by Crippen LogP contribution is -2.13. The van der Waals surface area contributed by atoms with Crippen LogP contribution >= 0.6 is 0 Å². The van der Waals surface area contributed by atoms with Crippen molar-refractivity contribution in [2.45, 2.75) is 80.9 Å². The number of unbranched alkanes of at least 4 members (excludes halogenated alkanes) is 9. The maximum absolute atomic E-state index is 12.5. The van der Waals surface area contributed by atoms with Crippen molar-refractivity contribution in [3.8, 4) is 5.75 Å². The van der Waals surface area contributed by atoms with E-state index >= 15 is 0 Å². The van der Waals surface area contributed by atoms with E-state index in [2.05, 4.69) is 11.6 Å². The highest BCUT2D eigenvalue weighted by atomic mass is 32.2. The van der Waals surface area contributed by atoms with Crippen LogP contribution in [0.25, 0.3) is 0 Å². The molecule has 0 bridgehead atoms. The number of rotatable bonds is 16. The van der Waals surface area contributed by atoms with Gasteiger partial charge >= 0.3 is 0 Å². The Bertz CT molecular complexity index is 912. The first-order chi connectivity index (χ1) is 15.4. The van der Waals surface area contributed by atoms with Crippen molar-refractivity contribution < 1.29 is 21.9 Å². The van der Waals surface area contributed by atoms with E-state index in [0.29, 0.717) is 18.0 Å². The third kappa shape index (κ3) is 9.71. The van der Waals surface area contributed by atoms with Crippen molar-refractivity contribution in [3.05, 3.63) is 48.5 Å². The lowest BCUT2D eigenvalue weighted by Gasteiger charge is -2.11. The van der Waals surface area contributed by atoms with Crippen molar-refractivity contribution in [1.29, 1.82) is 0 Å². The van der Waals surface area contributed by atoms with Crippen molar-refractivity contribution in [3.63, 3.8) is 0 Å². The summed E-state index contributed by atoms with van der Waals surface area (Å²) in [6.45, 7) is 2.86. The molecule has 32 heavy (non-hydrogen) atoms. The summed E-state index contributed by atoms with van der Waals surface area (Å²) >= 11 is -2.35. The van der Waals surface area contributed by atoms with E-state index in [0.717, 1.165) is 12.8 Å². The molecule has 1 N–H and O–H groups in total. The molecule has 0 radical (unpaired) electrons. The molecule has 178 valence electrons. The zero-order valence-electron chi connectivity index (χ0n) is 18.8. The summed E-state index contributed by atoms with van der Waals surface area (Å²) in [6, 6.07) is 11.8. The van der Waals surface area contributed by atoms with Crippen molar-refractivity contribution in [2.75, 3.05) is 11.3 Å². The van der Waals surface area contributed by atoms with E-state index in [1.54, 1.807) is 12.1 Å². The molecule has 0 aliphatic carbocycles. The van der Waals surface area contributed by atoms with Crippen LogP contribution in [0.4, 0.5) is 5.69 Å². The summed E-state index contributed by atoms with van der Waals surface area (Å²) in [5.74, 6) is 0.641. The number of anilines is 1. The number of nitrogens with one attached hydrogen (secondary N) is 1. The SMILES string of the molecule is CCCCCCCCCCCCOc1ccc(S(=O)(=O)Nc2ccc(S(=O)[O-])cc2)cc1. The predicted octanol–water partition coefficient (Wildman–Crippen LogP) is 6.03. The Balaban J connectivity index is 1.68. The monoisotopic (exact) mass is 480 g/mol. The zero-order chi connectivity index (χ0) is 23.2. The number of hydrogen-bond donors (Lipinski definition) is 1. The summed E-state index contributed by atoms with van der Waals surface area (Å²) in [6.07, 6.45) is 12.7. The van der Waals surface area contributed by atoms with E-state index in [1.807, 2.05) is 0 Å². The first-order valence-corrected chi connectivity index (χ1v) is 13.9. The highest BCUT2D eigenvalue weighted by Gasteiger charge is 2.14. The van der Waals surface area contributed by atoms with E-state index in [4.69, 9.17) is 4.74 Å². The highest BCUT2D eigenvalue weighted by Crippen LogP contribution is 2.20. The lowest BCUT2D eigenvalue weighted by atomic mass is 10.1. The van der Waals surface area contributed by atoms with Gasteiger partial charge in [0.25, 0.3) is 10.0 Å². The number of ether oxygens (including phenoxy) is 1. The molecule has 0 spiro atoms. The normalized spacial score (nSPS) is 12.4. The smallest absolute Gasteiger partial charge is 0.261 e. The Labute approximate surface area is 195 Å². The molecule has 0 aliphatic heterocycles. The fourth-order valence-electron chi connectivity index (χ4n) is 3.34. The van der Waals surface area contributed by atoms with Crippen LogP contribution in [0.5, 0.6) is 5.75 Å². The molecule has 0 saturated carbocycles. The third-order valence-corrected chi connectivity index (χ3v) is 7.25. The number of benzene rings is 2. The van der Waals surface area contributed by atoms with Gasteiger partial charge in [-0.25, -0.2) is 8.42 Å². The van der Waals surface area contributed by atoms with Crippen LogP contribution in [0.3, 0.4) is 0 Å². The average Bonchev–Trinajstić information content (AvgIpc) is 2.78. The Morgan fingerprint density at radius 2 is 1.34 bits per heavy atom. The van der Waals surface area contributed by atoms with Crippen LogP contribution in [-0.2, 0) is 21.1 Å². The topological polar surface area (TPSA) is 95.5 Å². The molecule has 0 heterocycles. The molecule has 6 nitrogen and oxygen atoms in total. The zero-order valence-corrected chi connectivity index (χ0v) is 20.4. The van der Waals surface area contributed by atoms with E-state index in [-0.39, 0.29) is 9.79 Å². The summed E-state index contributed by atoms with van der Waals surface area (Å²) in [5.41, 5.74) is 0.292. The lowest BCUT2D eigenvalue weighted by molar-refractivity contribution is 0.304. The Hall–Kier alpha value is -1.90. The second-order valence-corrected chi connectivity index (χ2v) is 10.5. The van der Waals surface area contributed by atoms with Gasteiger partial charge < -0.3 is 9.29 Å². The summed E-state index contributed by atoms with van der Waals surface area (Å²) in [4.78, 5) is 0.206. The molecule has 8 heteroatoms. The summed E-state index contributed by atoms with van der Waals surface area (Å²) < 4.78 is 55.0. The first kappa shape index (κ1) is 26.4. The van der Waals surface area contributed by atoms with Crippen LogP contribution in [0.2, 0.25) is 0 Å². The van der Waals surface area contributed by atoms with E-state index < -0.39 is 21.1 Å². The molecule has 1 unspecified atom stereocenters. The second-order valence-electron chi connectivity index (χ2n) is 7.87. The van der Waals surface area contributed by atoms with Crippen molar-refractivity contribution >= 4 is 26.8 Å². The summed E-state index contributed by atoms with van der Waals surface area (Å²) in [7, 11) is -3.77. The molecule has 0 fully saturated rings. The molecule has 2 aromatic rings. The Morgan fingerprint density at radius 3 is 1.88 bits per heavy atom. The minimum Gasteiger partial charge on any atom is -0.768 e. The van der Waals surface area contributed by atoms with Crippen LogP contribution < -0.4 is 9.46 Å². The molecular formula is C24H34NO5S2-. The molecule has 2 rings (SSSR count). The van der Waals surface area contributed by atoms with Crippen LogP contribution in [0.1, 0.15) is 71.1 Å². The van der Waals surface area contributed by atoms with Gasteiger partial charge in [0, 0.05) is 10.6 Å². The van der Waals surface area contributed by atoms with Crippen molar-refractivity contribution in [2.24, 2.45) is 0 Å². The molecule has 0 amide bonds. The third-order valence-electron chi connectivity index (χ3n) is 5.20. The maximum Gasteiger partial charge on any atom is 0.261 e. The maximum atomic E-state index is 12.5. The summed E-state index contributed by atoms with van der Waals surface area (Å²) in [5, 5.41) is 0. The molecule has 0 aliphatic rings. The largest absolute Gasteiger partial charge is 0.768 e. The van der Waals surface area contributed by atoms with Gasteiger partial charge in [-0.1, -0.05) is 64.7 Å². The van der Waals surface area contributed by atoms with Crippen LogP contribution in [-0.4, -0.2) is 23.8 Å². The standard InChI is InChI=1S/C24H35NO5S2/c1-2-3-4-5-6-7-8-9-10-11-20-30-22-14-18-24(19-15-22)32(28,29)25-21-12-16-23(17-13-21)31(26)27/h12-19,25H,2-11,20H2,1H3,(H,26,27)/p-1. The fraction of sp³-hybridized carbons (Fsp3) is 0.500. The minimum absolute atomic E-state index is 0.0943. The van der Waals surface area contributed by atoms with Crippen LogP contribution in [0.15, 0.2) is 58.3 Å². The van der Waals surface area contributed by atoms with Gasteiger partial charge in [-0.3, -0.25) is 8.93 Å². The van der Waals surface area contributed by atoms with E-state index in [9.17, 15) is 17.2 Å². The highest BCUT2D eigenvalue weighted by molar-refractivity contribution is 7.92. The number of sulfonamides is 1. The Morgan fingerprint density at radius 1 is 0.812 bits per heavy atom. The minimum atomic E-state index is -3.77. The first-order valence-electron chi connectivity index (χ1n) is 11.4. The van der Waals surface area contributed by atoms with Gasteiger partial charge in [0.2, 0.25) is 0 Å². The van der Waals surface area contributed by atoms with Crippen molar-refractivity contribution in [1.82, 2.24) is 0 Å². The average molecular weight is 481 g/mol. The van der Waals surface area contributed by atoms with Gasteiger partial charge in [-0.2, -0.15) is 0 Å². The quantitative estimate of drug-likeness (QED) is 0.234. The molecule has 2 aromatic carbocycles. The molecular weight excluding hydrogens is 446 g/mol. The second kappa shape index (κ2) is 14.3. The van der Waals surface area contributed by atoms with E-state index in [1.165, 1.54) is 87.8 Å². The molecule has 0 saturated heterocycles. The Kier molecular flexibility index (Phi) is 11.8. The van der Waals surface area contributed by atoms with Gasteiger partial charge in [0.15, 0.2) is 0 Å². The van der Waals surface area contributed by atoms with Gasteiger partial charge in [0.05, 0.1) is 11.5 Å². The van der Waals surface area contributed by atoms with Crippen LogP contribution in [0, 0.1) is 0 Å². The molecule has 0 aromatic heterocycles. The van der Waals surface area contributed by atoms with Gasteiger partial charge in [-0.15, -0.1) is 0 Å². The predicted molar refractivity (Wildman–Crippen MR) is 128 cm³/mol. The molecule has 1 atom stereocenters.